The van der Waals surface area contributed by atoms with Crippen molar-refractivity contribution in [2.24, 2.45) is 0 Å². The van der Waals surface area contributed by atoms with E-state index < -0.39 is 12.0 Å². The third-order valence-electron chi connectivity index (χ3n) is 6.50. The quantitative estimate of drug-likeness (QED) is 0.597. The maximum absolute atomic E-state index is 13.7. The summed E-state index contributed by atoms with van der Waals surface area (Å²) in [5.74, 6) is -2.08. The minimum Gasteiger partial charge on any atom is -0.481 e. The van der Waals surface area contributed by atoms with Gasteiger partial charge in [-0.1, -0.05) is 54.6 Å². The van der Waals surface area contributed by atoms with Crippen LogP contribution in [0.5, 0.6) is 0 Å². The molecule has 170 valence electrons. The van der Waals surface area contributed by atoms with E-state index in [1.807, 2.05) is 24.3 Å². The van der Waals surface area contributed by atoms with Crippen LogP contribution in [0.15, 0.2) is 72.8 Å². The fraction of sp³-hybridized carbons (Fsp3) is 0.185. The highest BCUT2D eigenvalue weighted by atomic mass is 16.4. The van der Waals surface area contributed by atoms with Crippen LogP contribution in [0.3, 0.4) is 0 Å². The van der Waals surface area contributed by atoms with Crippen molar-refractivity contribution in [3.63, 3.8) is 0 Å². The average molecular weight is 454 g/mol. The van der Waals surface area contributed by atoms with Crippen molar-refractivity contribution in [3.05, 3.63) is 106 Å². The van der Waals surface area contributed by atoms with Gasteiger partial charge >= 0.3 is 5.97 Å². The highest BCUT2D eigenvalue weighted by Gasteiger charge is 2.40. The molecule has 2 aliphatic rings. The Hall–Kier alpha value is -4.26. The van der Waals surface area contributed by atoms with E-state index in [4.69, 9.17) is 0 Å². The van der Waals surface area contributed by atoms with Crippen molar-refractivity contribution in [1.29, 1.82) is 0 Å². The number of carbonyl (C=O) groups excluding carboxylic acids is 3. The summed E-state index contributed by atoms with van der Waals surface area (Å²) < 4.78 is 0. The maximum atomic E-state index is 13.7. The lowest BCUT2D eigenvalue weighted by atomic mass is 9.91. The Balaban J connectivity index is 1.52. The van der Waals surface area contributed by atoms with Crippen LogP contribution in [0.1, 0.15) is 53.8 Å². The highest BCUT2D eigenvalue weighted by molar-refractivity contribution is 6.21. The Kier molecular flexibility index (Phi) is 5.45. The molecular formula is C27H22N2O5. The molecule has 3 amide bonds. The molecule has 3 aromatic carbocycles. The van der Waals surface area contributed by atoms with Crippen molar-refractivity contribution in [2.45, 2.75) is 18.9 Å². The number of aliphatic carboxylic acids is 1. The van der Waals surface area contributed by atoms with E-state index in [9.17, 15) is 24.3 Å². The first-order valence-corrected chi connectivity index (χ1v) is 11.1. The SMILES string of the molecule is O=C(O)Cc1ccccc1C(=O)N1CCc2ccccc2C1CN1C(=O)c2ccccc2C1=O. The van der Waals surface area contributed by atoms with Crippen LogP contribution in [0.2, 0.25) is 0 Å². The van der Waals surface area contributed by atoms with Crippen LogP contribution < -0.4 is 0 Å². The van der Waals surface area contributed by atoms with Crippen molar-refractivity contribution < 1.29 is 24.3 Å². The first-order chi connectivity index (χ1) is 16.5. The summed E-state index contributed by atoms with van der Waals surface area (Å²) in [6.45, 7) is 0.418. The molecule has 0 spiro atoms. The van der Waals surface area contributed by atoms with Crippen LogP contribution in [-0.2, 0) is 17.6 Å². The number of hydrogen-bond acceptors (Lipinski definition) is 4. The Bertz CT molecular complexity index is 1300. The lowest BCUT2D eigenvalue weighted by Crippen LogP contribution is -2.46. The number of imide groups is 1. The van der Waals surface area contributed by atoms with E-state index in [-0.39, 0.29) is 30.7 Å². The van der Waals surface area contributed by atoms with Gasteiger partial charge in [0.15, 0.2) is 0 Å². The Labute approximate surface area is 196 Å². The molecule has 0 bridgehead atoms. The van der Waals surface area contributed by atoms with Gasteiger partial charge in [0.1, 0.15) is 0 Å². The van der Waals surface area contributed by atoms with E-state index in [0.29, 0.717) is 35.2 Å². The fourth-order valence-electron chi connectivity index (χ4n) is 4.87. The number of carboxylic acid groups (broad SMARTS) is 1. The second-order valence-electron chi connectivity index (χ2n) is 8.46. The van der Waals surface area contributed by atoms with Crippen LogP contribution in [-0.4, -0.2) is 51.7 Å². The predicted molar refractivity (Wildman–Crippen MR) is 124 cm³/mol. The van der Waals surface area contributed by atoms with Crippen molar-refractivity contribution in [3.8, 4) is 0 Å². The van der Waals surface area contributed by atoms with Gasteiger partial charge in [0.25, 0.3) is 17.7 Å². The number of fused-ring (bicyclic) bond motifs is 2. The topological polar surface area (TPSA) is 95.0 Å². The van der Waals surface area contributed by atoms with E-state index in [1.54, 1.807) is 53.4 Å². The van der Waals surface area contributed by atoms with Gasteiger partial charge in [0.05, 0.1) is 30.1 Å². The molecule has 0 saturated heterocycles. The number of hydrogen-bond donors (Lipinski definition) is 1. The monoisotopic (exact) mass is 454 g/mol. The number of carbonyl (C=O) groups is 4. The van der Waals surface area contributed by atoms with Crippen LogP contribution in [0.4, 0.5) is 0 Å². The highest BCUT2D eigenvalue weighted by Crippen LogP contribution is 2.34. The summed E-state index contributed by atoms with van der Waals surface area (Å²) >= 11 is 0. The molecule has 5 rings (SSSR count). The summed E-state index contributed by atoms with van der Waals surface area (Å²) in [6.07, 6.45) is 0.358. The van der Waals surface area contributed by atoms with E-state index in [1.165, 1.54) is 4.90 Å². The van der Waals surface area contributed by atoms with Gasteiger partial charge < -0.3 is 10.0 Å². The molecule has 3 aromatic rings. The van der Waals surface area contributed by atoms with Crippen molar-refractivity contribution >= 4 is 23.7 Å². The molecule has 0 aromatic heterocycles. The predicted octanol–water partition coefficient (Wildman–Crippen LogP) is 3.35. The zero-order valence-electron chi connectivity index (χ0n) is 18.3. The molecular weight excluding hydrogens is 432 g/mol. The summed E-state index contributed by atoms with van der Waals surface area (Å²) in [4.78, 5) is 54.0. The molecule has 7 nitrogen and oxygen atoms in total. The van der Waals surface area contributed by atoms with Gasteiger partial charge in [-0.05, 0) is 41.3 Å². The molecule has 2 aliphatic heterocycles. The third kappa shape index (κ3) is 3.65. The van der Waals surface area contributed by atoms with Gasteiger partial charge in [-0.3, -0.25) is 24.1 Å². The minimum absolute atomic E-state index is 0.0240. The molecule has 2 heterocycles. The normalized spacial score (nSPS) is 16.9. The zero-order chi connectivity index (χ0) is 23.8. The van der Waals surface area contributed by atoms with Gasteiger partial charge in [0.2, 0.25) is 0 Å². The second kappa shape index (κ2) is 8.59. The fourth-order valence-corrected chi connectivity index (χ4v) is 4.87. The van der Waals surface area contributed by atoms with Crippen molar-refractivity contribution in [1.82, 2.24) is 9.80 Å². The number of benzene rings is 3. The number of nitrogens with zero attached hydrogens (tertiary/aromatic N) is 2. The van der Waals surface area contributed by atoms with Crippen molar-refractivity contribution in [2.75, 3.05) is 13.1 Å². The van der Waals surface area contributed by atoms with Crippen LogP contribution in [0, 0.1) is 0 Å². The summed E-state index contributed by atoms with van der Waals surface area (Å²) in [5, 5.41) is 9.29. The van der Waals surface area contributed by atoms with Gasteiger partial charge in [0, 0.05) is 12.1 Å². The largest absolute Gasteiger partial charge is 0.481 e. The van der Waals surface area contributed by atoms with Gasteiger partial charge in [-0.25, -0.2) is 0 Å². The molecule has 1 unspecified atom stereocenters. The number of amides is 3. The summed E-state index contributed by atoms with van der Waals surface area (Å²) in [5.41, 5.74) is 3.42. The second-order valence-corrected chi connectivity index (χ2v) is 8.46. The Morgan fingerprint density at radius 3 is 2.18 bits per heavy atom. The molecule has 1 atom stereocenters. The number of carboxylic acids is 1. The Morgan fingerprint density at radius 1 is 0.853 bits per heavy atom. The molecule has 34 heavy (non-hydrogen) atoms. The van der Waals surface area contributed by atoms with Gasteiger partial charge in [-0.15, -0.1) is 0 Å². The van der Waals surface area contributed by atoms with Crippen LogP contribution >= 0.6 is 0 Å². The first kappa shape index (κ1) is 21.6. The molecule has 7 heteroatoms. The molecule has 0 fully saturated rings. The molecule has 0 aliphatic carbocycles. The van der Waals surface area contributed by atoms with Crippen LogP contribution in [0.25, 0.3) is 0 Å². The number of rotatable bonds is 5. The maximum Gasteiger partial charge on any atom is 0.307 e. The lowest BCUT2D eigenvalue weighted by Gasteiger charge is -2.39. The molecule has 0 radical (unpaired) electrons. The molecule has 0 saturated carbocycles. The van der Waals surface area contributed by atoms with Gasteiger partial charge in [-0.2, -0.15) is 0 Å². The zero-order valence-corrected chi connectivity index (χ0v) is 18.3. The van der Waals surface area contributed by atoms with E-state index in [0.717, 1.165) is 11.1 Å². The average Bonchev–Trinajstić information content (AvgIpc) is 3.09. The van der Waals surface area contributed by atoms with E-state index >= 15 is 0 Å². The minimum atomic E-state index is -1.02. The Morgan fingerprint density at radius 2 is 1.47 bits per heavy atom. The smallest absolute Gasteiger partial charge is 0.307 e. The lowest BCUT2D eigenvalue weighted by molar-refractivity contribution is -0.136. The van der Waals surface area contributed by atoms with E-state index in [2.05, 4.69) is 0 Å². The standard InChI is InChI=1S/C27H22N2O5/c30-24(31)15-18-8-2-4-10-20(18)25(32)28-14-13-17-7-1-3-9-19(17)23(28)16-29-26(33)21-11-5-6-12-22(21)27(29)34/h1-12,23H,13-16H2,(H,30,31). The molecule has 1 N–H and O–H groups in total. The summed E-state index contributed by atoms with van der Waals surface area (Å²) in [7, 11) is 0. The third-order valence-corrected chi connectivity index (χ3v) is 6.50. The summed E-state index contributed by atoms with van der Waals surface area (Å²) in [6, 6.07) is 20.6. The first-order valence-electron chi connectivity index (χ1n) is 11.1.